The molecular weight excluding hydrogens is 252 g/mol. The van der Waals surface area contributed by atoms with Crippen LogP contribution in [0.25, 0.3) is 6.08 Å². The zero-order valence-corrected chi connectivity index (χ0v) is 11.2. The van der Waals surface area contributed by atoms with Crippen molar-refractivity contribution < 1.29 is 14.3 Å². The summed E-state index contributed by atoms with van der Waals surface area (Å²) in [6.07, 6.45) is 4.27. The molecule has 0 atom stereocenters. The van der Waals surface area contributed by atoms with E-state index in [0.717, 1.165) is 29.7 Å². The second kappa shape index (κ2) is 5.44. The fourth-order valence-electron chi connectivity index (χ4n) is 2.27. The zero-order valence-electron chi connectivity index (χ0n) is 10.5. The van der Waals surface area contributed by atoms with Gasteiger partial charge in [-0.15, -0.1) is 0 Å². The van der Waals surface area contributed by atoms with Crippen LogP contribution >= 0.6 is 11.6 Å². The summed E-state index contributed by atoms with van der Waals surface area (Å²) >= 11 is 5.56. The van der Waals surface area contributed by atoms with E-state index in [0.29, 0.717) is 17.7 Å². The van der Waals surface area contributed by atoms with Crippen LogP contribution in [-0.4, -0.2) is 19.5 Å². The number of carbonyl (C=O) groups is 1. The van der Waals surface area contributed by atoms with Gasteiger partial charge in [0.1, 0.15) is 0 Å². The SMILES string of the molecule is COc1ccc2c(c1OC)CCCC(C(=O)Cl)=C2. The molecule has 0 saturated carbocycles. The molecule has 0 aromatic heterocycles. The van der Waals surface area contributed by atoms with Gasteiger partial charge in [-0.1, -0.05) is 6.07 Å². The van der Waals surface area contributed by atoms with Gasteiger partial charge in [-0.2, -0.15) is 0 Å². The van der Waals surface area contributed by atoms with Crippen molar-refractivity contribution >= 4 is 22.9 Å². The number of ether oxygens (including phenoxy) is 2. The average molecular weight is 267 g/mol. The summed E-state index contributed by atoms with van der Waals surface area (Å²) in [4.78, 5) is 11.3. The second-order valence-electron chi connectivity index (χ2n) is 4.17. The fourth-order valence-corrected chi connectivity index (χ4v) is 2.42. The van der Waals surface area contributed by atoms with Crippen LogP contribution in [0.5, 0.6) is 11.5 Å². The van der Waals surface area contributed by atoms with Crippen molar-refractivity contribution in [2.45, 2.75) is 19.3 Å². The normalized spacial score (nSPS) is 14.3. The first kappa shape index (κ1) is 13.0. The number of allylic oxidation sites excluding steroid dienone is 1. The lowest BCUT2D eigenvalue weighted by Crippen LogP contribution is -1.98. The molecule has 0 heterocycles. The quantitative estimate of drug-likeness (QED) is 0.788. The minimum atomic E-state index is -0.377. The average Bonchev–Trinajstić information content (AvgIpc) is 2.59. The molecule has 4 heteroatoms. The molecule has 0 fully saturated rings. The molecule has 0 amide bonds. The summed E-state index contributed by atoms with van der Waals surface area (Å²) in [7, 11) is 3.24. The molecule has 1 aliphatic rings. The number of benzene rings is 1. The fraction of sp³-hybridized carbons (Fsp3) is 0.357. The number of carbonyl (C=O) groups excluding carboxylic acids is 1. The highest BCUT2D eigenvalue weighted by Crippen LogP contribution is 2.37. The first-order chi connectivity index (χ1) is 8.67. The highest BCUT2D eigenvalue weighted by Gasteiger charge is 2.18. The molecule has 0 spiro atoms. The third-order valence-corrected chi connectivity index (χ3v) is 3.38. The first-order valence-corrected chi connectivity index (χ1v) is 6.19. The van der Waals surface area contributed by atoms with E-state index >= 15 is 0 Å². The van der Waals surface area contributed by atoms with Crippen LogP contribution in [0, 0.1) is 0 Å². The lowest BCUT2D eigenvalue weighted by atomic mass is 10.0. The first-order valence-electron chi connectivity index (χ1n) is 5.81. The largest absolute Gasteiger partial charge is 0.493 e. The van der Waals surface area contributed by atoms with E-state index in [4.69, 9.17) is 21.1 Å². The lowest BCUT2D eigenvalue weighted by Gasteiger charge is -2.14. The predicted molar refractivity (Wildman–Crippen MR) is 71.3 cm³/mol. The van der Waals surface area contributed by atoms with E-state index in [2.05, 4.69) is 0 Å². The molecule has 0 radical (unpaired) electrons. The number of hydrogen-bond acceptors (Lipinski definition) is 3. The highest BCUT2D eigenvalue weighted by atomic mass is 35.5. The molecule has 3 nitrogen and oxygen atoms in total. The smallest absolute Gasteiger partial charge is 0.248 e. The van der Waals surface area contributed by atoms with Crippen LogP contribution < -0.4 is 9.47 Å². The van der Waals surface area contributed by atoms with Crippen molar-refractivity contribution in [2.75, 3.05) is 14.2 Å². The van der Waals surface area contributed by atoms with E-state index in [1.54, 1.807) is 14.2 Å². The summed E-state index contributed by atoms with van der Waals surface area (Å²) in [5, 5.41) is -0.377. The molecule has 18 heavy (non-hydrogen) atoms. The molecule has 0 unspecified atom stereocenters. The Morgan fingerprint density at radius 3 is 2.61 bits per heavy atom. The topological polar surface area (TPSA) is 35.5 Å². The zero-order chi connectivity index (χ0) is 13.1. The summed E-state index contributed by atoms with van der Waals surface area (Å²) in [5.41, 5.74) is 2.71. The number of halogens is 1. The third kappa shape index (κ3) is 2.36. The van der Waals surface area contributed by atoms with Gasteiger partial charge >= 0.3 is 0 Å². The van der Waals surface area contributed by atoms with E-state index in [9.17, 15) is 4.79 Å². The van der Waals surface area contributed by atoms with Gasteiger partial charge in [-0.3, -0.25) is 4.79 Å². The van der Waals surface area contributed by atoms with Gasteiger partial charge in [-0.05, 0) is 48.6 Å². The molecule has 2 rings (SSSR count). The summed E-state index contributed by atoms with van der Waals surface area (Å²) in [6, 6.07) is 3.78. The van der Waals surface area contributed by atoms with Gasteiger partial charge in [0.15, 0.2) is 11.5 Å². The maximum atomic E-state index is 11.3. The summed E-state index contributed by atoms with van der Waals surface area (Å²) < 4.78 is 10.7. The third-order valence-electron chi connectivity index (χ3n) is 3.14. The molecule has 0 aliphatic heterocycles. The van der Waals surface area contributed by atoms with Crippen molar-refractivity contribution in [3.05, 3.63) is 28.8 Å². The molecule has 1 aromatic rings. The van der Waals surface area contributed by atoms with Gasteiger partial charge in [0.2, 0.25) is 5.24 Å². The number of fused-ring (bicyclic) bond motifs is 1. The van der Waals surface area contributed by atoms with Gasteiger partial charge in [0.05, 0.1) is 14.2 Å². The lowest BCUT2D eigenvalue weighted by molar-refractivity contribution is -0.108. The van der Waals surface area contributed by atoms with Gasteiger partial charge < -0.3 is 9.47 Å². The predicted octanol–water partition coefficient (Wildman–Crippen LogP) is 3.19. The molecule has 96 valence electrons. The standard InChI is InChI=1S/C14H15ClO3/c1-17-12-7-6-9-8-10(14(15)16)4-3-5-11(9)13(12)18-2/h6-8H,3-5H2,1-2H3. The Morgan fingerprint density at radius 2 is 2.00 bits per heavy atom. The van der Waals surface area contributed by atoms with Crippen molar-refractivity contribution in [1.29, 1.82) is 0 Å². The van der Waals surface area contributed by atoms with Crippen LogP contribution in [-0.2, 0) is 11.2 Å². The number of rotatable bonds is 3. The van der Waals surface area contributed by atoms with Gasteiger partial charge in [-0.25, -0.2) is 0 Å². The second-order valence-corrected chi connectivity index (χ2v) is 4.51. The Bertz CT molecular complexity index is 506. The molecule has 0 saturated heterocycles. The molecule has 0 bridgehead atoms. The van der Waals surface area contributed by atoms with Gasteiger partial charge in [0, 0.05) is 11.1 Å². The Balaban J connectivity index is 2.55. The van der Waals surface area contributed by atoms with E-state index in [1.807, 2.05) is 18.2 Å². The van der Waals surface area contributed by atoms with Gasteiger partial charge in [0.25, 0.3) is 0 Å². The minimum Gasteiger partial charge on any atom is -0.493 e. The van der Waals surface area contributed by atoms with E-state index < -0.39 is 0 Å². The van der Waals surface area contributed by atoms with Crippen LogP contribution in [0.15, 0.2) is 17.7 Å². The van der Waals surface area contributed by atoms with Crippen LogP contribution in [0.4, 0.5) is 0 Å². The van der Waals surface area contributed by atoms with Crippen LogP contribution in [0.1, 0.15) is 24.0 Å². The molecule has 1 aromatic carbocycles. The highest BCUT2D eigenvalue weighted by molar-refractivity contribution is 6.68. The van der Waals surface area contributed by atoms with Crippen LogP contribution in [0.2, 0.25) is 0 Å². The maximum absolute atomic E-state index is 11.3. The summed E-state index contributed by atoms with van der Waals surface area (Å²) in [6.45, 7) is 0. The maximum Gasteiger partial charge on any atom is 0.248 e. The number of hydrogen-bond donors (Lipinski definition) is 0. The Morgan fingerprint density at radius 1 is 1.22 bits per heavy atom. The molecular formula is C14H15ClO3. The van der Waals surface area contributed by atoms with Crippen LogP contribution in [0.3, 0.4) is 0 Å². The summed E-state index contributed by atoms with van der Waals surface area (Å²) in [5.74, 6) is 1.46. The van der Waals surface area contributed by atoms with E-state index in [1.165, 1.54) is 0 Å². The Kier molecular flexibility index (Phi) is 3.92. The number of methoxy groups -OCH3 is 2. The Labute approximate surface area is 111 Å². The molecule has 1 aliphatic carbocycles. The Hall–Kier alpha value is -1.48. The minimum absolute atomic E-state index is 0.377. The van der Waals surface area contributed by atoms with Crippen molar-refractivity contribution in [2.24, 2.45) is 0 Å². The van der Waals surface area contributed by atoms with Crippen molar-refractivity contribution in [3.63, 3.8) is 0 Å². The van der Waals surface area contributed by atoms with Crippen molar-refractivity contribution in [1.82, 2.24) is 0 Å². The van der Waals surface area contributed by atoms with Crippen molar-refractivity contribution in [3.8, 4) is 11.5 Å². The monoisotopic (exact) mass is 266 g/mol. The van der Waals surface area contributed by atoms with E-state index in [-0.39, 0.29) is 5.24 Å². The molecule has 0 N–H and O–H groups in total.